The Morgan fingerprint density at radius 2 is 1.86 bits per heavy atom. The fourth-order valence-corrected chi connectivity index (χ4v) is 2.16. The molecule has 4 nitrogen and oxygen atoms in total. The lowest BCUT2D eigenvalue weighted by molar-refractivity contribution is 0.0941. The number of pyridine rings is 1. The van der Waals surface area contributed by atoms with Gasteiger partial charge >= 0.3 is 0 Å². The highest BCUT2D eigenvalue weighted by molar-refractivity contribution is 6.68. The Morgan fingerprint density at radius 1 is 1.14 bits per heavy atom. The summed E-state index contributed by atoms with van der Waals surface area (Å²) in [6.45, 7) is 0. The molecule has 22 heavy (non-hydrogen) atoms. The fraction of sp³-hybridized carbons (Fsp3) is 0.143. The molecule has 0 aliphatic heterocycles. The van der Waals surface area contributed by atoms with Gasteiger partial charge in [0, 0.05) is 12.4 Å². The zero-order valence-corrected chi connectivity index (χ0v) is 14.1. The summed E-state index contributed by atoms with van der Waals surface area (Å²) in [5, 5.41) is 5.95. The molecule has 0 fully saturated rings. The maximum absolute atomic E-state index is 12.2. The standard InChI is InChI=1S/C14H11Cl4N3O/c15-10-5-1-2-6-11(10)20-13(14(16,17)18)21-12(22)9-4-3-7-19-8-9/h1-8,13,20H,(H,21,22). The van der Waals surface area contributed by atoms with Crippen molar-refractivity contribution in [2.75, 3.05) is 5.32 Å². The summed E-state index contributed by atoms with van der Waals surface area (Å²) in [5.74, 6) is -0.427. The molecule has 0 spiro atoms. The quantitative estimate of drug-likeness (QED) is 0.616. The minimum Gasteiger partial charge on any atom is -0.361 e. The summed E-state index contributed by atoms with van der Waals surface area (Å²) in [6, 6.07) is 10.2. The number of benzene rings is 1. The van der Waals surface area contributed by atoms with E-state index < -0.39 is 15.9 Å². The van der Waals surface area contributed by atoms with Crippen LogP contribution in [0.25, 0.3) is 0 Å². The number of carbonyl (C=O) groups is 1. The van der Waals surface area contributed by atoms with Crippen LogP contribution in [0.2, 0.25) is 5.02 Å². The number of alkyl halides is 3. The molecule has 0 aliphatic rings. The van der Waals surface area contributed by atoms with E-state index in [-0.39, 0.29) is 0 Å². The predicted octanol–water partition coefficient (Wildman–Crippen LogP) is 4.27. The number of nitrogens with one attached hydrogen (secondary N) is 2. The van der Waals surface area contributed by atoms with Crippen molar-refractivity contribution >= 4 is 58.0 Å². The first-order chi connectivity index (χ1) is 10.4. The van der Waals surface area contributed by atoms with E-state index in [2.05, 4.69) is 15.6 Å². The van der Waals surface area contributed by atoms with Crippen LogP contribution in [0.4, 0.5) is 5.69 Å². The molecule has 0 radical (unpaired) electrons. The first-order valence-electron chi connectivity index (χ1n) is 6.16. The van der Waals surface area contributed by atoms with E-state index >= 15 is 0 Å². The van der Waals surface area contributed by atoms with E-state index in [4.69, 9.17) is 46.4 Å². The van der Waals surface area contributed by atoms with Crippen LogP contribution in [0, 0.1) is 0 Å². The Hall–Kier alpha value is -1.20. The Labute approximate surface area is 147 Å². The van der Waals surface area contributed by atoms with Crippen molar-refractivity contribution in [3.63, 3.8) is 0 Å². The third kappa shape index (κ3) is 4.65. The summed E-state index contributed by atoms with van der Waals surface area (Å²) >= 11 is 23.8. The Balaban J connectivity index is 2.18. The molecule has 1 amide bonds. The zero-order valence-electron chi connectivity index (χ0n) is 11.1. The van der Waals surface area contributed by atoms with Gasteiger partial charge < -0.3 is 10.6 Å². The van der Waals surface area contributed by atoms with Gasteiger partial charge in [0.2, 0.25) is 3.79 Å². The van der Waals surface area contributed by atoms with Crippen LogP contribution >= 0.6 is 46.4 Å². The lowest BCUT2D eigenvalue weighted by Crippen LogP contribution is -2.49. The van der Waals surface area contributed by atoms with Crippen LogP contribution in [-0.2, 0) is 0 Å². The Kier molecular flexibility index (Phi) is 5.75. The molecule has 0 aliphatic carbocycles. The van der Waals surface area contributed by atoms with Gasteiger partial charge in [0.1, 0.15) is 6.17 Å². The normalized spacial score (nSPS) is 12.5. The summed E-state index contributed by atoms with van der Waals surface area (Å²) in [7, 11) is 0. The SMILES string of the molecule is O=C(NC(Nc1ccccc1Cl)C(Cl)(Cl)Cl)c1cccnc1. The average molecular weight is 379 g/mol. The molecule has 1 heterocycles. The van der Waals surface area contributed by atoms with Gasteiger partial charge in [0.15, 0.2) is 0 Å². The van der Waals surface area contributed by atoms with Crippen molar-refractivity contribution in [3.05, 3.63) is 59.4 Å². The lowest BCUT2D eigenvalue weighted by Gasteiger charge is -2.27. The second kappa shape index (κ2) is 7.38. The van der Waals surface area contributed by atoms with Crippen molar-refractivity contribution < 1.29 is 4.79 Å². The number of hydrogen-bond donors (Lipinski definition) is 2. The van der Waals surface area contributed by atoms with E-state index in [0.717, 1.165) is 0 Å². The first kappa shape index (κ1) is 17.2. The molecule has 0 saturated carbocycles. The number of anilines is 1. The molecule has 2 aromatic rings. The highest BCUT2D eigenvalue weighted by Crippen LogP contribution is 2.32. The lowest BCUT2D eigenvalue weighted by atomic mass is 10.2. The van der Waals surface area contributed by atoms with Gasteiger partial charge in [0.05, 0.1) is 16.3 Å². The maximum Gasteiger partial charge on any atom is 0.254 e. The minimum absolute atomic E-state index is 0.350. The van der Waals surface area contributed by atoms with Gasteiger partial charge in [-0.15, -0.1) is 0 Å². The number of halogens is 4. The van der Waals surface area contributed by atoms with Crippen LogP contribution in [0.3, 0.4) is 0 Å². The Bertz CT molecular complexity index is 646. The van der Waals surface area contributed by atoms with Gasteiger partial charge in [-0.05, 0) is 24.3 Å². The van der Waals surface area contributed by atoms with Gasteiger partial charge in [0.25, 0.3) is 5.91 Å². The summed E-state index contributed by atoms with van der Waals surface area (Å²) in [6.07, 6.45) is 2.00. The summed E-state index contributed by atoms with van der Waals surface area (Å²) < 4.78 is -1.78. The molecule has 1 aromatic carbocycles. The number of hydrogen-bond acceptors (Lipinski definition) is 3. The number of rotatable bonds is 4. The number of nitrogens with zero attached hydrogens (tertiary/aromatic N) is 1. The highest BCUT2D eigenvalue weighted by atomic mass is 35.6. The highest BCUT2D eigenvalue weighted by Gasteiger charge is 2.34. The Morgan fingerprint density at radius 3 is 2.45 bits per heavy atom. The third-order valence-corrected chi connectivity index (χ3v) is 3.68. The van der Waals surface area contributed by atoms with Crippen molar-refractivity contribution in [1.82, 2.24) is 10.3 Å². The van der Waals surface area contributed by atoms with E-state index in [1.54, 1.807) is 42.6 Å². The second-order valence-electron chi connectivity index (χ2n) is 4.31. The van der Waals surface area contributed by atoms with Crippen molar-refractivity contribution in [1.29, 1.82) is 0 Å². The average Bonchev–Trinajstić information content (AvgIpc) is 2.48. The van der Waals surface area contributed by atoms with Crippen molar-refractivity contribution in [2.24, 2.45) is 0 Å². The van der Waals surface area contributed by atoms with Crippen LogP contribution < -0.4 is 10.6 Å². The minimum atomic E-state index is -1.78. The molecular formula is C14H11Cl4N3O. The largest absolute Gasteiger partial charge is 0.361 e. The zero-order chi connectivity index (χ0) is 16.2. The van der Waals surface area contributed by atoms with Crippen molar-refractivity contribution in [2.45, 2.75) is 9.96 Å². The van der Waals surface area contributed by atoms with Gasteiger partial charge in [-0.2, -0.15) is 0 Å². The van der Waals surface area contributed by atoms with E-state index in [1.165, 1.54) is 6.20 Å². The molecule has 0 bridgehead atoms. The topological polar surface area (TPSA) is 54.0 Å². The molecule has 0 saturated heterocycles. The van der Waals surface area contributed by atoms with Crippen LogP contribution in [0.5, 0.6) is 0 Å². The molecule has 116 valence electrons. The molecule has 2 rings (SSSR count). The smallest absolute Gasteiger partial charge is 0.254 e. The van der Waals surface area contributed by atoms with Gasteiger partial charge in [-0.3, -0.25) is 9.78 Å². The second-order valence-corrected chi connectivity index (χ2v) is 7.09. The molecule has 1 atom stereocenters. The molecule has 1 unspecified atom stereocenters. The predicted molar refractivity (Wildman–Crippen MR) is 90.9 cm³/mol. The van der Waals surface area contributed by atoms with E-state index in [1.807, 2.05) is 0 Å². The summed E-state index contributed by atoms with van der Waals surface area (Å²) in [5.41, 5.74) is 0.884. The number of carbonyl (C=O) groups excluding carboxylic acids is 1. The molecule has 8 heteroatoms. The monoisotopic (exact) mass is 377 g/mol. The van der Waals surface area contributed by atoms with Gasteiger partial charge in [-0.1, -0.05) is 58.5 Å². The van der Waals surface area contributed by atoms with Gasteiger partial charge in [-0.25, -0.2) is 0 Å². The van der Waals surface area contributed by atoms with Crippen LogP contribution in [-0.4, -0.2) is 20.8 Å². The number of amides is 1. The maximum atomic E-state index is 12.2. The van der Waals surface area contributed by atoms with E-state index in [0.29, 0.717) is 16.3 Å². The summed E-state index contributed by atoms with van der Waals surface area (Å²) in [4.78, 5) is 16.0. The van der Waals surface area contributed by atoms with Crippen LogP contribution in [0.1, 0.15) is 10.4 Å². The molecule has 2 N–H and O–H groups in total. The fourth-order valence-electron chi connectivity index (χ4n) is 1.65. The van der Waals surface area contributed by atoms with E-state index in [9.17, 15) is 4.79 Å². The number of aromatic nitrogens is 1. The van der Waals surface area contributed by atoms with Crippen molar-refractivity contribution in [3.8, 4) is 0 Å². The third-order valence-electron chi connectivity index (χ3n) is 2.70. The first-order valence-corrected chi connectivity index (χ1v) is 7.68. The molecule has 1 aromatic heterocycles. The number of para-hydroxylation sites is 1. The van der Waals surface area contributed by atoms with Crippen LogP contribution in [0.15, 0.2) is 48.8 Å². The molecular weight excluding hydrogens is 368 g/mol.